The number of phenolic OH excluding ortho intramolecular Hbond substituents is 14. The predicted molar refractivity (Wildman–Crippen MR) is 181 cm³/mol. The van der Waals surface area contributed by atoms with E-state index in [0.29, 0.717) is 6.07 Å². The third-order valence-corrected chi connectivity index (χ3v) is 7.36. The molecule has 0 unspecified atom stereocenters. The Labute approximate surface area is 300 Å². The van der Waals surface area contributed by atoms with Gasteiger partial charge in [-0.3, -0.25) is 0 Å². The third-order valence-electron chi connectivity index (χ3n) is 7.36. The van der Waals surface area contributed by atoms with Crippen molar-refractivity contribution < 1.29 is 90.4 Å². The van der Waals surface area contributed by atoms with Crippen LogP contribution >= 0.6 is 0 Å². The van der Waals surface area contributed by atoms with Gasteiger partial charge in [0.25, 0.3) is 0 Å². The Kier molecular flexibility index (Phi) is 8.85. The van der Waals surface area contributed by atoms with Crippen LogP contribution in [0.3, 0.4) is 0 Å². The van der Waals surface area contributed by atoms with Gasteiger partial charge in [0.05, 0.1) is 11.1 Å². The first-order valence-corrected chi connectivity index (χ1v) is 14.9. The van der Waals surface area contributed by atoms with Crippen molar-refractivity contribution >= 4 is 0 Å². The number of phenols is 14. The molecule has 0 bridgehead atoms. The van der Waals surface area contributed by atoms with Crippen molar-refractivity contribution in [3.05, 3.63) is 72.8 Å². The van der Waals surface area contributed by atoms with Gasteiger partial charge in [0.2, 0.25) is 23.0 Å². The van der Waals surface area contributed by atoms with Crippen molar-refractivity contribution in [2.75, 3.05) is 0 Å². The Bertz CT molecular complexity index is 2370. The molecule has 0 atom stereocenters. The van der Waals surface area contributed by atoms with E-state index >= 15 is 0 Å². The highest BCUT2D eigenvalue weighted by molar-refractivity contribution is 5.88. The van der Waals surface area contributed by atoms with Crippen molar-refractivity contribution in [1.29, 1.82) is 0 Å². The molecule has 0 heterocycles. The molecule has 6 rings (SSSR count). The number of hydrogen-bond donors (Lipinski definition) is 14. The Balaban J connectivity index is 1.30. The van der Waals surface area contributed by atoms with Crippen molar-refractivity contribution in [3.63, 3.8) is 0 Å². The van der Waals surface area contributed by atoms with E-state index in [4.69, 9.17) is 18.9 Å². The van der Waals surface area contributed by atoms with Crippen molar-refractivity contribution in [1.82, 2.24) is 0 Å². The number of rotatable bonds is 9. The summed E-state index contributed by atoms with van der Waals surface area (Å²) in [5, 5.41) is 145. The highest BCUT2D eigenvalue weighted by atomic mass is 16.5. The van der Waals surface area contributed by atoms with Gasteiger partial charge in [-0.05, 0) is 0 Å². The maximum absolute atomic E-state index is 11.0. The lowest BCUT2D eigenvalue weighted by molar-refractivity contribution is 0.340. The monoisotopic (exact) mass is 746 g/mol. The average molecular weight is 747 g/mol. The molecule has 0 aliphatic rings. The molecule has 54 heavy (non-hydrogen) atoms. The van der Waals surface area contributed by atoms with Crippen LogP contribution < -0.4 is 18.9 Å². The summed E-state index contributed by atoms with van der Waals surface area (Å²) in [5.41, 5.74) is -1.25. The molecule has 0 aromatic heterocycles. The van der Waals surface area contributed by atoms with Crippen LogP contribution in [0.1, 0.15) is 0 Å². The lowest BCUT2D eigenvalue weighted by Crippen LogP contribution is -1.94. The second-order valence-electron chi connectivity index (χ2n) is 11.3. The first-order chi connectivity index (χ1) is 25.5. The number of ether oxygens (including phenoxy) is 4. The summed E-state index contributed by atoms with van der Waals surface area (Å²) in [5.74, 6) is -14.3. The zero-order valence-corrected chi connectivity index (χ0v) is 26.8. The molecule has 0 spiro atoms. The average Bonchev–Trinajstić information content (AvgIpc) is 3.05. The van der Waals surface area contributed by atoms with E-state index in [-0.39, 0.29) is 23.0 Å². The minimum atomic E-state index is -1.08. The fraction of sp³-hybridized carbons (Fsp3) is 0. The van der Waals surface area contributed by atoms with Crippen LogP contribution in [0.25, 0.3) is 11.1 Å². The van der Waals surface area contributed by atoms with E-state index in [1.54, 1.807) is 0 Å². The molecule has 0 aliphatic carbocycles. The predicted octanol–water partition coefficient (Wildman–Crippen LogP) is 6.40. The van der Waals surface area contributed by atoms with Crippen LogP contribution in [0.4, 0.5) is 0 Å². The summed E-state index contributed by atoms with van der Waals surface area (Å²) in [4.78, 5) is 0. The van der Waals surface area contributed by atoms with Crippen molar-refractivity contribution in [2.45, 2.75) is 0 Å². The molecule has 18 nitrogen and oxygen atoms in total. The minimum absolute atomic E-state index is 0.151. The largest absolute Gasteiger partial charge is 0.508 e. The maximum Gasteiger partial charge on any atom is 0.211 e. The fourth-order valence-corrected chi connectivity index (χ4v) is 5.14. The summed E-state index contributed by atoms with van der Waals surface area (Å²) in [6.07, 6.45) is 0. The molecule has 0 saturated carbocycles. The lowest BCUT2D eigenvalue weighted by atomic mass is 10.00. The molecule has 6 aromatic carbocycles. The Hall–Kier alpha value is -8.28. The number of hydrogen-bond acceptors (Lipinski definition) is 18. The molecule has 0 aliphatic heterocycles. The standard InChI is InChI=1S/C36H26O18/c37-13-1-14(38)3-17(2-13)51-33-24(45)8-18(9-25(33)46)52-34-26(47)10-19(11-27(34)48)53-35-23(44)6-16(40)7-29(35)54-36-28(49)12-22(43)31(32(36)50)30-20(41)4-15(39)5-21(30)42/h1-12,37-50H. The minimum Gasteiger partial charge on any atom is -0.508 e. The van der Waals surface area contributed by atoms with E-state index in [9.17, 15) is 71.5 Å². The topological polar surface area (TPSA) is 320 Å². The van der Waals surface area contributed by atoms with Crippen LogP contribution in [0, 0.1) is 0 Å². The second kappa shape index (κ2) is 13.5. The third kappa shape index (κ3) is 6.88. The van der Waals surface area contributed by atoms with Crippen LogP contribution in [-0.2, 0) is 0 Å². The molecular weight excluding hydrogens is 720 g/mol. The van der Waals surface area contributed by atoms with Gasteiger partial charge in [-0.25, -0.2) is 0 Å². The molecule has 6 aromatic rings. The van der Waals surface area contributed by atoms with Crippen molar-refractivity contribution in [3.8, 4) is 138 Å². The normalized spacial score (nSPS) is 10.9. The summed E-state index contributed by atoms with van der Waals surface area (Å²) in [6, 6.07) is 10.7. The Morgan fingerprint density at radius 3 is 1.11 bits per heavy atom. The molecule has 0 radical (unpaired) electrons. The highest BCUT2D eigenvalue weighted by Gasteiger charge is 2.28. The van der Waals surface area contributed by atoms with Gasteiger partial charge in [-0.1, -0.05) is 0 Å². The summed E-state index contributed by atoms with van der Waals surface area (Å²) in [6.45, 7) is 0. The summed E-state index contributed by atoms with van der Waals surface area (Å²) >= 11 is 0. The van der Waals surface area contributed by atoms with E-state index in [1.165, 1.54) is 0 Å². The van der Waals surface area contributed by atoms with Gasteiger partial charge in [-0.2, -0.15) is 0 Å². The van der Waals surface area contributed by atoms with E-state index in [2.05, 4.69) is 0 Å². The molecule has 18 heteroatoms. The fourth-order valence-electron chi connectivity index (χ4n) is 5.14. The first-order valence-electron chi connectivity index (χ1n) is 14.9. The molecule has 0 fully saturated rings. The van der Waals surface area contributed by atoms with Gasteiger partial charge in [0.15, 0.2) is 46.0 Å². The smallest absolute Gasteiger partial charge is 0.211 e. The van der Waals surface area contributed by atoms with Gasteiger partial charge in [-0.15, -0.1) is 0 Å². The quantitative estimate of drug-likeness (QED) is 0.0760. The second-order valence-corrected chi connectivity index (χ2v) is 11.3. The van der Waals surface area contributed by atoms with Crippen LogP contribution in [0.15, 0.2) is 72.8 Å². The number of benzene rings is 6. The lowest BCUT2D eigenvalue weighted by Gasteiger charge is -2.19. The van der Waals surface area contributed by atoms with Crippen LogP contribution in [-0.4, -0.2) is 71.5 Å². The zero-order chi connectivity index (χ0) is 39.2. The SMILES string of the molecule is Oc1cc(O)cc(Oc2c(O)cc(Oc3c(O)cc(Oc4c(O)cc(O)cc4Oc4c(O)cc(O)c(-c5c(O)cc(O)cc5O)c4O)cc3O)cc2O)c1. The molecule has 14 N–H and O–H groups in total. The van der Waals surface area contributed by atoms with E-state index < -0.39 is 115 Å². The van der Waals surface area contributed by atoms with Crippen molar-refractivity contribution in [2.24, 2.45) is 0 Å². The first kappa shape index (κ1) is 35.5. The number of aromatic hydroxyl groups is 14. The van der Waals surface area contributed by atoms with Gasteiger partial charge >= 0.3 is 0 Å². The molecule has 0 saturated heterocycles. The van der Waals surface area contributed by atoms with Crippen LogP contribution in [0.5, 0.6) is 126 Å². The summed E-state index contributed by atoms with van der Waals surface area (Å²) in [7, 11) is 0. The molecule has 278 valence electrons. The molecular formula is C36H26O18. The van der Waals surface area contributed by atoms with Gasteiger partial charge in [0, 0.05) is 72.8 Å². The van der Waals surface area contributed by atoms with Gasteiger partial charge < -0.3 is 90.4 Å². The van der Waals surface area contributed by atoms with Gasteiger partial charge in [0.1, 0.15) is 57.5 Å². The Morgan fingerprint density at radius 1 is 0.259 bits per heavy atom. The highest BCUT2D eigenvalue weighted by Crippen LogP contribution is 2.56. The van der Waals surface area contributed by atoms with Crippen LogP contribution in [0.2, 0.25) is 0 Å². The zero-order valence-electron chi connectivity index (χ0n) is 26.8. The van der Waals surface area contributed by atoms with E-state index in [1.807, 2.05) is 0 Å². The summed E-state index contributed by atoms with van der Waals surface area (Å²) < 4.78 is 22.0. The maximum atomic E-state index is 11.0. The van der Waals surface area contributed by atoms with E-state index in [0.717, 1.165) is 66.7 Å². The molecule has 0 amide bonds. The Morgan fingerprint density at radius 2 is 0.611 bits per heavy atom.